The average molecular weight is 309 g/mol. The Morgan fingerprint density at radius 2 is 2.18 bits per heavy atom. The molecule has 3 rings (SSSR count). The minimum absolute atomic E-state index is 0.0517. The normalized spacial score (nSPS) is 28.4. The Labute approximate surface area is 127 Å². The van der Waals surface area contributed by atoms with E-state index in [0.717, 1.165) is 5.56 Å². The van der Waals surface area contributed by atoms with Crippen LogP contribution < -0.4 is 10.6 Å². The maximum absolute atomic E-state index is 13.4. The van der Waals surface area contributed by atoms with E-state index in [0.29, 0.717) is 18.1 Å². The second-order valence-corrected chi connectivity index (χ2v) is 6.17. The molecule has 0 aliphatic carbocycles. The zero-order valence-corrected chi connectivity index (χ0v) is 12.9. The fourth-order valence-corrected chi connectivity index (χ4v) is 3.10. The van der Waals surface area contributed by atoms with Gasteiger partial charge in [-0.1, -0.05) is 6.92 Å². The third-order valence-corrected chi connectivity index (χ3v) is 4.39. The van der Waals surface area contributed by atoms with Crippen molar-refractivity contribution in [2.45, 2.75) is 32.0 Å². The lowest BCUT2D eigenvalue weighted by Crippen LogP contribution is -2.37. The van der Waals surface area contributed by atoms with E-state index in [-0.39, 0.29) is 30.7 Å². The van der Waals surface area contributed by atoms with Crippen LogP contribution in [0.15, 0.2) is 0 Å². The van der Waals surface area contributed by atoms with Crippen LogP contribution in [-0.2, 0) is 23.1 Å². The summed E-state index contributed by atoms with van der Waals surface area (Å²) in [5, 5.41) is 9.86. The van der Waals surface area contributed by atoms with Gasteiger partial charge < -0.3 is 10.6 Å². The minimum Gasteiger partial charge on any atom is -0.310 e. The molecule has 8 heteroatoms. The van der Waals surface area contributed by atoms with Crippen LogP contribution in [0, 0.1) is 5.92 Å². The number of rotatable bonds is 2. The first kappa shape index (κ1) is 15.0. The predicted octanol–water partition coefficient (Wildman–Crippen LogP) is 0.531. The zero-order chi connectivity index (χ0) is 16.0. The molecule has 2 aliphatic heterocycles. The van der Waals surface area contributed by atoms with Crippen molar-refractivity contribution in [3.63, 3.8) is 0 Å². The van der Waals surface area contributed by atoms with Gasteiger partial charge in [0.15, 0.2) is 5.82 Å². The lowest BCUT2D eigenvalue weighted by atomic mass is 9.98. The molecule has 1 saturated heterocycles. The summed E-state index contributed by atoms with van der Waals surface area (Å²) in [6, 6.07) is -0.483. The van der Waals surface area contributed by atoms with Crippen LogP contribution in [0.5, 0.6) is 0 Å². The number of anilines is 2. The van der Waals surface area contributed by atoms with Crippen molar-refractivity contribution in [1.29, 1.82) is 0 Å². The number of hydrogen-bond donors (Lipinski definition) is 2. The fourth-order valence-electron chi connectivity index (χ4n) is 3.10. The number of aryl methyl sites for hydroxylation is 1. The number of amides is 2. The molecule has 3 heterocycles. The monoisotopic (exact) mass is 309 g/mol. The van der Waals surface area contributed by atoms with Gasteiger partial charge in [-0.3, -0.25) is 19.2 Å². The molecule has 0 bridgehead atoms. The number of nitrogens with zero attached hydrogens (tertiary/aromatic N) is 3. The molecule has 1 aromatic rings. The Hall–Kier alpha value is -1.96. The van der Waals surface area contributed by atoms with Gasteiger partial charge >= 0.3 is 0 Å². The van der Waals surface area contributed by atoms with E-state index in [1.807, 2.05) is 6.92 Å². The Balaban J connectivity index is 1.81. The lowest BCUT2D eigenvalue weighted by molar-refractivity contribution is -0.120. The molecule has 0 saturated carbocycles. The summed E-state index contributed by atoms with van der Waals surface area (Å²) in [5.74, 6) is 0.584. The maximum atomic E-state index is 13.4. The number of fused-ring (bicyclic) bond motifs is 1. The highest BCUT2D eigenvalue weighted by atomic mass is 19.1. The van der Waals surface area contributed by atoms with E-state index in [1.165, 1.54) is 0 Å². The standard InChI is InChI=1S/C14H20FN5O2/c1-7-4-9-11(18-20(3)12(9)17-13(7)21)16-14(22)10-5-8(15)6-19(10)2/h7-8,10H,4-6H2,1-3H3,(H,17,21)(H,16,18,22)/t7?,8-,10+/m1/s1. The largest absolute Gasteiger partial charge is 0.310 e. The maximum Gasteiger partial charge on any atom is 0.243 e. The number of aromatic nitrogens is 2. The van der Waals surface area contributed by atoms with Gasteiger partial charge in [-0.05, 0) is 13.5 Å². The number of likely N-dealkylation sites (N-methyl/N-ethyl adjacent to an activating group) is 1. The highest BCUT2D eigenvalue weighted by Gasteiger charge is 2.36. The summed E-state index contributed by atoms with van der Waals surface area (Å²) in [5.41, 5.74) is 0.820. The van der Waals surface area contributed by atoms with Crippen LogP contribution in [-0.4, -0.2) is 52.3 Å². The molecular formula is C14H20FN5O2. The Kier molecular flexibility index (Phi) is 3.64. The fraction of sp³-hybridized carbons (Fsp3) is 0.643. The van der Waals surface area contributed by atoms with Gasteiger partial charge in [0.25, 0.3) is 0 Å². The summed E-state index contributed by atoms with van der Waals surface area (Å²) in [7, 11) is 3.45. The molecule has 1 fully saturated rings. The van der Waals surface area contributed by atoms with Crippen LogP contribution in [0.1, 0.15) is 18.9 Å². The van der Waals surface area contributed by atoms with Crippen molar-refractivity contribution in [2.24, 2.45) is 13.0 Å². The molecule has 2 amide bonds. The van der Waals surface area contributed by atoms with E-state index in [4.69, 9.17) is 0 Å². The predicted molar refractivity (Wildman–Crippen MR) is 79.3 cm³/mol. The third kappa shape index (κ3) is 2.47. The zero-order valence-electron chi connectivity index (χ0n) is 12.9. The molecule has 22 heavy (non-hydrogen) atoms. The number of alkyl halides is 1. The minimum atomic E-state index is -0.974. The van der Waals surface area contributed by atoms with Gasteiger partial charge in [-0.25, -0.2) is 4.39 Å². The molecule has 2 N–H and O–H groups in total. The molecule has 0 spiro atoms. The van der Waals surface area contributed by atoms with Gasteiger partial charge in [0, 0.05) is 31.5 Å². The van der Waals surface area contributed by atoms with Crippen LogP contribution >= 0.6 is 0 Å². The number of halogens is 1. The van der Waals surface area contributed by atoms with Gasteiger partial charge in [0.05, 0.1) is 6.04 Å². The van der Waals surface area contributed by atoms with Gasteiger partial charge in [-0.2, -0.15) is 5.10 Å². The first-order valence-corrected chi connectivity index (χ1v) is 7.38. The molecule has 2 aliphatic rings. The summed E-state index contributed by atoms with van der Waals surface area (Å²) in [4.78, 5) is 25.8. The molecule has 0 radical (unpaired) electrons. The molecule has 1 unspecified atom stereocenters. The summed E-state index contributed by atoms with van der Waals surface area (Å²) < 4.78 is 15.0. The van der Waals surface area contributed by atoms with Gasteiger partial charge in [0.1, 0.15) is 12.0 Å². The van der Waals surface area contributed by atoms with Crippen molar-refractivity contribution in [2.75, 3.05) is 24.2 Å². The van der Waals surface area contributed by atoms with E-state index < -0.39 is 12.2 Å². The quantitative estimate of drug-likeness (QED) is 0.835. The smallest absolute Gasteiger partial charge is 0.243 e. The summed E-state index contributed by atoms with van der Waals surface area (Å²) >= 11 is 0. The first-order valence-electron chi connectivity index (χ1n) is 7.38. The Bertz CT molecular complexity index is 629. The van der Waals surface area contributed by atoms with Crippen molar-refractivity contribution >= 4 is 23.5 Å². The van der Waals surface area contributed by atoms with E-state index in [1.54, 1.807) is 23.7 Å². The van der Waals surface area contributed by atoms with Gasteiger partial charge in [0.2, 0.25) is 11.8 Å². The molecular weight excluding hydrogens is 289 g/mol. The molecule has 120 valence electrons. The molecule has 7 nitrogen and oxygen atoms in total. The van der Waals surface area contributed by atoms with Crippen molar-refractivity contribution in [1.82, 2.24) is 14.7 Å². The second-order valence-electron chi connectivity index (χ2n) is 6.17. The second kappa shape index (κ2) is 5.35. The average Bonchev–Trinajstić information content (AvgIpc) is 2.92. The van der Waals surface area contributed by atoms with Crippen LogP contribution in [0.2, 0.25) is 0 Å². The Morgan fingerprint density at radius 1 is 1.45 bits per heavy atom. The highest BCUT2D eigenvalue weighted by molar-refractivity contribution is 5.99. The molecule has 3 atom stereocenters. The summed E-state index contributed by atoms with van der Waals surface area (Å²) in [6.07, 6.45) is -0.251. The number of carbonyl (C=O) groups is 2. The lowest BCUT2D eigenvalue weighted by Gasteiger charge is -2.21. The number of carbonyl (C=O) groups excluding carboxylic acids is 2. The van der Waals surface area contributed by atoms with Crippen LogP contribution in [0.25, 0.3) is 0 Å². The van der Waals surface area contributed by atoms with E-state index >= 15 is 0 Å². The molecule has 1 aromatic heterocycles. The van der Waals surface area contributed by atoms with E-state index in [9.17, 15) is 14.0 Å². The third-order valence-electron chi connectivity index (χ3n) is 4.39. The van der Waals surface area contributed by atoms with Crippen molar-refractivity contribution in [3.05, 3.63) is 5.56 Å². The topological polar surface area (TPSA) is 79.3 Å². The number of hydrogen-bond acceptors (Lipinski definition) is 4. The van der Waals surface area contributed by atoms with Gasteiger partial charge in [-0.15, -0.1) is 0 Å². The van der Waals surface area contributed by atoms with Crippen molar-refractivity contribution < 1.29 is 14.0 Å². The highest BCUT2D eigenvalue weighted by Crippen LogP contribution is 2.31. The summed E-state index contributed by atoms with van der Waals surface area (Å²) in [6.45, 7) is 2.10. The number of likely N-dealkylation sites (tertiary alicyclic amines) is 1. The SMILES string of the molecule is CC1Cc2c(NC(=O)[C@@H]3C[C@@H](F)CN3C)nn(C)c2NC1=O. The van der Waals surface area contributed by atoms with Crippen LogP contribution in [0.4, 0.5) is 16.0 Å². The van der Waals surface area contributed by atoms with Crippen molar-refractivity contribution in [3.8, 4) is 0 Å². The molecule has 0 aromatic carbocycles. The Morgan fingerprint density at radius 3 is 2.82 bits per heavy atom. The van der Waals surface area contributed by atoms with E-state index in [2.05, 4.69) is 15.7 Å². The first-order chi connectivity index (χ1) is 10.4. The number of nitrogens with one attached hydrogen (secondary N) is 2. The van der Waals surface area contributed by atoms with Crippen LogP contribution in [0.3, 0.4) is 0 Å².